The van der Waals surface area contributed by atoms with Crippen LogP contribution in [0.5, 0.6) is 0 Å². The molecule has 3 aromatic rings. The average Bonchev–Trinajstić information content (AvgIpc) is 3.04. The van der Waals surface area contributed by atoms with Crippen molar-refractivity contribution in [3.05, 3.63) is 35.9 Å². The zero-order chi connectivity index (χ0) is 23.6. The number of nitrogens with one attached hydrogen (secondary N) is 1. The summed E-state index contributed by atoms with van der Waals surface area (Å²) in [4.78, 5) is 3.99. The number of amidine groups is 1. The van der Waals surface area contributed by atoms with Gasteiger partial charge in [-0.1, -0.05) is 18.2 Å². The second-order valence-corrected chi connectivity index (χ2v) is 9.92. The minimum absolute atomic E-state index is 0.00239. The molecule has 1 atom stereocenters. The largest absolute Gasteiger partial charge is 0.382 e. The Morgan fingerprint density at radius 2 is 1.97 bits per heavy atom. The number of anilines is 1. The van der Waals surface area contributed by atoms with Crippen LogP contribution in [-0.4, -0.2) is 40.3 Å². The summed E-state index contributed by atoms with van der Waals surface area (Å²) in [6.45, 7) is 0.297. The number of para-hydroxylation sites is 1. The van der Waals surface area contributed by atoms with Gasteiger partial charge in [0, 0.05) is 23.9 Å². The third kappa shape index (κ3) is 4.31. The highest BCUT2D eigenvalue weighted by Gasteiger charge is 2.28. The highest BCUT2D eigenvalue weighted by Crippen LogP contribution is 2.36. The Hall–Kier alpha value is -3.04. The van der Waals surface area contributed by atoms with E-state index in [2.05, 4.69) is 15.6 Å². The number of fused-ring (bicyclic) bond motifs is 1. The number of hydrazone groups is 1. The second kappa shape index (κ2) is 9.22. The third-order valence-corrected chi connectivity index (χ3v) is 7.48. The summed E-state index contributed by atoms with van der Waals surface area (Å²) >= 11 is 0. The molecule has 1 heterocycles. The van der Waals surface area contributed by atoms with Crippen molar-refractivity contribution >= 4 is 43.6 Å². The van der Waals surface area contributed by atoms with Crippen molar-refractivity contribution in [3.8, 4) is 11.1 Å². The Bertz CT molecular complexity index is 1330. The highest BCUT2D eigenvalue weighted by molar-refractivity contribution is 7.91. The first-order valence-electron chi connectivity index (χ1n) is 9.40. The Morgan fingerprint density at radius 3 is 2.59 bits per heavy atom. The van der Waals surface area contributed by atoms with Crippen molar-refractivity contribution in [1.29, 1.82) is 0 Å². The molecule has 0 aliphatic carbocycles. The van der Waals surface area contributed by atoms with Crippen LogP contribution in [0, 0.1) is 0 Å². The fourth-order valence-electron chi connectivity index (χ4n) is 3.40. The molecule has 0 amide bonds. The lowest BCUT2D eigenvalue weighted by molar-refractivity contribution is 0.594. The first-order valence-corrected chi connectivity index (χ1v) is 12.3. The maximum absolute atomic E-state index is 12.9. The molecule has 0 saturated carbocycles. The zero-order valence-corrected chi connectivity index (χ0v) is 18.9. The van der Waals surface area contributed by atoms with Gasteiger partial charge in [0.05, 0.1) is 26.7 Å². The van der Waals surface area contributed by atoms with E-state index in [9.17, 15) is 12.6 Å². The SMILES string of the molecule is Cn1c(N)nc2c(-c3ccc(S(=O)CCCN)c(S(N)(=O)=O)c3/C(N)=N/NN)cccc21. The van der Waals surface area contributed by atoms with Crippen molar-refractivity contribution in [2.75, 3.05) is 18.0 Å². The number of aromatic nitrogens is 2. The monoisotopic (exact) mass is 479 g/mol. The first kappa shape index (κ1) is 23.6. The normalized spacial score (nSPS) is 13.4. The molecule has 0 fully saturated rings. The summed E-state index contributed by atoms with van der Waals surface area (Å²) in [5, 5.41) is 9.31. The van der Waals surface area contributed by atoms with Gasteiger partial charge in [-0.25, -0.2) is 29.9 Å². The Balaban J connectivity index is 2.45. The number of sulfonamides is 1. The van der Waals surface area contributed by atoms with Crippen LogP contribution in [0.4, 0.5) is 5.95 Å². The van der Waals surface area contributed by atoms with Gasteiger partial charge in [-0.3, -0.25) is 4.21 Å². The van der Waals surface area contributed by atoms with Gasteiger partial charge in [-0.15, -0.1) is 5.10 Å². The van der Waals surface area contributed by atoms with E-state index in [1.54, 1.807) is 29.8 Å². The molecule has 0 aliphatic heterocycles. The number of primary sulfonamides is 1. The fourth-order valence-corrected chi connectivity index (χ4v) is 6.06. The second-order valence-electron chi connectivity index (χ2n) is 6.88. The number of nitrogen functional groups attached to an aromatic ring is 1. The Labute approximate surface area is 187 Å². The van der Waals surface area contributed by atoms with Crippen molar-refractivity contribution in [1.82, 2.24) is 15.1 Å². The average molecular weight is 480 g/mol. The van der Waals surface area contributed by atoms with E-state index in [1.165, 1.54) is 6.07 Å². The topological polar surface area (TPSA) is 224 Å². The van der Waals surface area contributed by atoms with Crippen molar-refractivity contribution < 1.29 is 12.6 Å². The van der Waals surface area contributed by atoms with E-state index in [4.69, 9.17) is 28.2 Å². The standard InChI is InChI=1S/C18H25N9O3S2/c1-27-12-5-2-4-11(15(12)24-18(27)21)10-6-7-13(31(28)9-3-8-19)16(32(23,29)30)14(10)17(20)25-26-22/h2,4-7,26H,3,8-9,19,22H2,1H3,(H2,20,25)(H2,21,24)(H2,23,29,30). The molecular weight excluding hydrogens is 454 g/mol. The van der Waals surface area contributed by atoms with Crippen molar-refractivity contribution in [3.63, 3.8) is 0 Å². The number of hydrazine groups is 1. The molecule has 0 radical (unpaired) electrons. The smallest absolute Gasteiger partial charge is 0.240 e. The van der Waals surface area contributed by atoms with Crippen LogP contribution in [-0.2, 0) is 27.9 Å². The minimum Gasteiger partial charge on any atom is -0.382 e. The lowest BCUT2D eigenvalue weighted by atomic mass is 9.97. The van der Waals surface area contributed by atoms with Crippen LogP contribution < -0.4 is 33.7 Å². The van der Waals surface area contributed by atoms with Gasteiger partial charge in [0.1, 0.15) is 4.90 Å². The zero-order valence-electron chi connectivity index (χ0n) is 17.3. The van der Waals surface area contributed by atoms with Gasteiger partial charge in [-0.2, -0.15) is 0 Å². The van der Waals surface area contributed by atoms with E-state index >= 15 is 0 Å². The van der Waals surface area contributed by atoms with Gasteiger partial charge in [0.15, 0.2) is 5.84 Å². The lowest BCUT2D eigenvalue weighted by Crippen LogP contribution is -2.28. The summed E-state index contributed by atoms with van der Waals surface area (Å²) in [7, 11) is -4.34. The molecule has 0 aliphatic rings. The molecule has 0 bridgehead atoms. The van der Waals surface area contributed by atoms with E-state index in [1.807, 2.05) is 6.07 Å². The maximum atomic E-state index is 12.9. The molecular formula is C18H25N9O3S2. The van der Waals surface area contributed by atoms with Crippen LogP contribution in [0.2, 0.25) is 0 Å². The van der Waals surface area contributed by atoms with E-state index in [-0.39, 0.29) is 28.0 Å². The fraction of sp³-hybridized carbons (Fsp3) is 0.222. The molecule has 172 valence electrons. The Kier molecular flexibility index (Phi) is 6.80. The van der Waals surface area contributed by atoms with Gasteiger partial charge < -0.3 is 21.8 Å². The van der Waals surface area contributed by atoms with Gasteiger partial charge in [0.25, 0.3) is 0 Å². The molecule has 1 unspecified atom stereocenters. The van der Waals surface area contributed by atoms with Crippen LogP contribution in [0.3, 0.4) is 0 Å². The molecule has 12 nitrogen and oxygen atoms in total. The summed E-state index contributed by atoms with van der Waals surface area (Å²) in [5.41, 5.74) is 21.7. The molecule has 32 heavy (non-hydrogen) atoms. The van der Waals surface area contributed by atoms with Crippen LogP contribution >= 0.6 is 0 Å². The highest BCUT2D eigenvalue weighted by atomic mass is 32.2. The predicted molar refractivity (Wildman–Crippen MR) is 125 cm³/mol. The van der Waals surface area contributed by atoms with Gasteiger partial charge in [-0.05, 0) is 30.7 Å². The summed E-state index contributed by atoms with van der Waals surface area (Å²) < 4.78 is 40.0. The number of imidazole rings is 1. The molecule has 2 aromatic carbocycles. The van der Waals surface area contributed by atoms with Crippen LogP contribution in [0.1, 0.15) is 12.0 Å². The number of aryl methyl sites for hydroxylation is 1. The maximum Gasteiger partial charge on any atom is 0.240 e. The molecule has 0 spiro atoms. The van der Waals surface area contributed by atoms with Crippen LogP contribution in [0.25, 0.3) is 22.2 Å². The van der Waals surface area contributed by atoms with Crippen LogP contribution in [0.15, 0.2) is 45.2 Å². The summed E-state index contributed by atoms with van der Waals surface area (Å²) in [6.07, 6.45) is 0.425. The number of nitrogens with two attached hydrogens (primary N) is 5. The number of benzene rings is 2. The van der Waals surface area contributed by atoms with Gasteiger partial charge in [0.2, 0.25) is 16.0 Å². The predicted octanol–water partition coefficient (Wildman–Crippen LogP) is -0.990. The molecule has 1 aromatic heterocycles. The van der Waals surface area contributed by atoms with E-state index in [0.29, 0.717) is 35.1 Å². The number of hydrogen-bond donors (Lipinski definition) is 6. The molecule has 3 rings (SSSR count). The van der Waals surface area contributed by atoms with Crippen molar-refractivity contribution in [2.45, 2.75) is 16.2 Å². The number of rotatable bonds is 8. The van der Waals surface area contributed by atoms with Crippen molar-refractivity contribution in [2.24, 2.45) is 34.6 Å². The van der Waals surface area contributed by atoms with E-state index in [0.717, 1.165) is 0 Å². The quantitative estimate of drug-likeness (QED) is 0.101. The summed E-state index contributed by atoms with van der Waals surface area (Å²) in [6, 6.07) is 8.35. The van der Waals surface area contributed by atoms with Gasteiger partial charge >= 0.3 is 0 Å². The number of hydrogen-bond acceptors (Lipinski definition) is 9. The Morgan fingerprint density at radius 1 is 1.25 bits per heavy atom. The minimum atomic E-state index is -4.39. The summed E-state index contributed by atoms with van der Waals surface area (Å²) in [5.74, 6) is 5.45. The number of nitrogens with zero attached hydrogens (tertiary/aromatic N) is 3. The third-order valence-electron chi connectivity index (χ3n) is 4.86. The lowest BCUT2D eigenvalue weighted by Gasteiger charge is -2.17. The molecule has 11 N–H and O–H groups in total. The molecule has 0 saturated heterocycles. The first-order chi connectivity index (χ1) is 15.1. The van der Waals surface area contributed by atoms with E-state index < -0.39 is 25.7 Å². The molecule has 14 heteroatoms.